The Morgan fingerprint density at radius 1 is 0.361 bits per heavy atom. The summed E-state index contributed by atoms with van der Waals surface area (Å²) in [4.78, 5) is 5.15. The van der Waals surface area contributed by atoms with Crippen molar-refractivity contribution in [2.24, 2.45) is 0 Å². The second-order valence-electron chi connectivity index (χ2n) is 21.9. The van der Waals surface area contributed by atoms with Crippen LogP contribution in [0.15, 0.2) is 215 Å². The fraction of sp³-hybridized carbons (Fsp3) is 0.134. The summed E-state index contributed by atoms with van der Waals surface area (Å²) in [6.45, 7) is 16.2. The van der Waals surface area contributed by atoms with Gasteiger partial charge in [-0.05, 0) is 134 Å². The Kier molecular flexibility index (Phi) is 9.96. The molecule has 0 unspecified atom stereocenters. The summed E-state index contributed by atoms with van der Waals surface area (Å²) < 4.78 is 12.3. The van der Waals surface area contributed by atoms with Gasteiger partial charge in [-0.15, -0.1) is 0 Å². The molecule has 9 aromatic carbocycles. The topological polar surface area (TPSA) is 32.8 Å². The molecule has 348 valence electrons. The highest BCUT2D eigenvalue weighted by atomic mass is 16.3. The summed E-state index contributed by atoms with van der Waals surface area (Å²) in [5, 5.41) is 2.21. The Labute approximate surface area is 422 Å². The Bertz CT molecular complexity index is 3670. The molecule has 2 aromatic heterocycles. The number of anilines is 6. The first-order valence-corrected chi connectivity index (χ1v) is 25.2. The van der Waals surface area contributed by atoms with Crippen molar-refractivity contribution in [3.8, 4) is 44.5 Å². The van der Waals surface area contributed by atoms with Gasteiger partial charge in [0.05, 0.1) is 23.9 Å². The van der Waals surface area contributed by atoms with E-state index in [9.17, 15) is 0 Å². The average Bonchev–Trinajstić information content (AvgIpc) is 4.03. The first kappa shape index (κ1) is 43.7. The molecule has 72 heavy (non-hydrogen) atoms. The SMILES string of the molecule is Cc1cc2c3c(c1)N(c1ccc(-c4coc5ccccc45)cc1-c1ccccc1)c1ccc(C(C)(C)C)cc1B3c1cc(C(C)(C)C)ccc1N2c1ccc(-c2coc3ccccc23)cc1-c1ccccc1. The Hall–Kier alpha value is -8.28. The van der Waals surface area contributed by atoms with E-state index in [1.807, 2.05) is 36.8 Å². The second kappa shape index (κ2) is 16.4. The fourth-order valence-corrected chi connectivity index (χ4v) is 11.5. The van der Waals surface area contributed by atoms with Gasteiger partial charge in [-0.3, -0.25) is 0 Å². The number of rotatable bonds is 6. The van der Waals surface area contributed by atoms with Crippen molar-refractivity contribution >= 4 is 79.2 Å². The number of fused-ring (bicyclic) bond motifs is 6. The molecule has 0 radical (unpaired) electrons. The molecule has 2 aliphatic rings. The standard InChI is InChI=1S/C67H55BN2O2/c1-42-34-61-65-62(35-42)70(58-31-27-46(37-52(58)44-20-12-9-13-21-44)54-41-72-64-25-17-15-23-50(54)64)60-33-29-48(67(5,6)7)39-56(60)68(65)55-38-47(66(2,3)4)28-32-59(55)69(61)57-30-26-45(36-51(57)43-18-10-8-11-19-43)53-40-71-63-24-16-14-22-49(53)63/h8-41H,1-7H3. The molecule has 0 aliphatic carbocycles. The van der Waals surface area contributed by atoms with Gasteiger partial charge >= 0.3 is 0 Å². The summed E-state index contributed by atoms with van der Waals surface area (Å²) >= 11 is 0. The third kappa shape index (κ3) is 7.05. The minimum absolute atomic E-state index is 0.0498. The van der Waals surface area contributed by atoms with E-state index in [1.165, 1.54) is 55.8 Å². The average molecular weight is 931 g/mol. The fourth-order valence-electron chi connectivity index (χ4n) is 11.5. The lowest BCUT2D eigenvalue weighted by Crippen LogP contribution is -2.61. The molecule has 4 nitrogen and oxygen atoms in total. The van der Waals surface area contributed by atoms with Crippen LogP contribution < -0.4 is 26.2 Å². The molecular weight excluding hydrogens is 876 g/mol. The molecule has 13 rings (SSSR count). The summed E-state index contributed by atoms with van der Waals surface area (Å²) in [6, 6.07) is 71.8. The molecule has 0 atom stereocenters. The first-order valence-electron chi connectivity index (χ1n) is 25.2. The summed E-state index contributed by atoms with van der Waals surface area (Å²) in [6.07, 6.45) is 3.82. The van der Waals surface area contributed by atoms with E-state index < -0.39 is 0 Å². The normalized spacial score (nSPS) is 13.1. The first-order chi connectivity index (χ1) is 34.9. The molecular formula is C67H55BN2O2. The number of furan rings is 2. The lowest BCUT2D eigenvalue weighted by atomic mass is 9.33. The van der Waals surface area contributed by atoms with Gasteiger partial charge < -0.3 is 18.6 Å². The predicted molar refractivity (Wildman–Crippen MR) is 304 cm³/mol. The maximum atomic E-state index is 6.15. The molecule has 11 aromatic rings. The molecule has 0 saturated heterocycles. The minimum atomic E-state index is -0.0795. The monoisotopic (exact) mass is 930 g/mol. The van der Waals surface area contributed by atoms with Crippen molar-refractivity contribution in [1.82, 2.24) is 0 Å². The van der Waals surface area contributed by atoms with Crippen LogP contribution in [0.4, 0.5) is 34.1 Å². The number of para-hydroxylation sites is 2. The van der Waals surface area contributed by atoms with Gasteiger partial charge in [0.2, 0.25) is 0 Å². The smallest absolute Gasteiger partial charge is 0.252 e. The van der Waals surface area contributed by atoms with Crippen molar-refractivity contribution in [2.45, 2.75) is 59.3 Å². The quantitative estimate of drug-likeness (QED) is 0.156. The Morgan fingerprint density at radius 3 is 1.19 bits per heavy atom. The van der Waals surface area contributed by atoms with Gasteiger partial charge in [-0.1, -0.05) is 175 Å². The minimum Gasteiger partial charge on any atom is -0.464 e. The van der Waals surface area contributed by atoms with Crippen LogP contribution in [0.3, 0.4) is 0 Å². The number of nitrogens with zero attached hydrogens (tertiary/aromatic N) is 2. The highest BCUT2D eigenvalue weighted by Gasteiger charge is 2.45. The van der Waals surface area contributed by atoms with Crippen molar-refractivity contribution in [2.75, 3.05) is 9.80 Å². The van der Waals surface area contributed by atoms with Crippen LogP contribution in [0.25, 0.3) is 66.4 Å². The van der Waals surface area contributed by atoms with E-state index in [0.717, 1.165) is 77.8 Å². The van der Waals surface area contributed by atoms with E-state index >= 15 is 0 Å². The Morgan fingerprint density at radius 2 is 0.764 bits per heavy atom. The van der Waals surface area contributed by atoms with Crippen LogP contribution in [-0.2, 0) is 10.8 Å². The molecule has 0 saturated carbocycles. The molecule has 2 aliphatic heterocycles. The summed E-state index contributed by atoms with van der Waals surface area (Å²) in [5.41, 5.74) is 25.3. The zero-order valence-corrected chi connectivity index (χ0v) is 41.9. The van der Waals surface area contributed by atoms with Gasteiger partial charge in [-0.25, -0.2) is 0 Å². The zero-order chi connectivity index (χ0) is 49.0. The van der Waals surface area contributed by atoms with Crippen LogP contribution >= 0.6 is 0 Å². The van der Waals surface area contributed by atoms with Crippen LogP contribution in [0.5, 0.6) is 0 Å². The van der Waals surface area contributed by atoms with Gasteiger partial charge in [0.15, 0.2) is 0 Å². The molecule has 0 bridgehead atoms. The highest BCUT2D eigenvalue weighted by Crippen LogP contribution is 2.51. The maximum Gasteiger partial charge on any atom is 0.252 e. The van der Waals surface area contributed by atoms with E-state index in [0.29, 0.717) is 0 Å². The van der Waals surface area contributed by atoms with Crippen molar-refractivity contribution in [3.05, 3.63) is 223 Å². The van der Waals surface area contributed by atoms with Crippen LogP contribution in [0.2, 0.25) is 0 Å². The van der Waals surface area contributed by atoms with Gasteiger partial charge in [0.1, 0.15) is 11.2 Å². The largest absolute Gasteiger partial charge is 0.464 e. The second-order valence-corrected chi connectivity index (χ2v) is 21.9. The van der Waals surface area contributed by atoms with E-state index in [1.54, 1.807) is 0 Å². The number of hydrogen-bond acceptors (Lipinski definition) is 4. The number of hydrogen-bond donors (Lipinski definition) is 0. The van der Waals surface area contributed by atoms with Gasteiger partial charge in [0.25, 0.3) is 6.71 Å². The molecule has 0 fully saturated rings. The van der Waals surface area contributed by atoms with Crippen LogP contribution in [0, 0.1) is 6.92 Å². The van der Waals surface area contributed by atoms with E-state index in [-0.39, 0.29) is 17.5 Å². The summed E-state index contributed by atoms with van der Waals surface area (Å²) in [5.74, 6) is 0. The third-order valence-corrected chi connectivity index (χ3v) is 15.2. The molecule has 5 heteroatoms. The zero-order valence-electron chi connectivity index (χ0n) is 41.9. The number of benzene rings is 9. The van der Waals surface area contributed by atoms with Gasteiger partial charge in [0, 0.05) is 55.8 Å². The summed E-state index contributed by atoms with van der Waals surface area (Å²) in [7, 11) is 0. The van der Waals surface area contributed by atoms with Crippen LogP contribution in [0.1, 0.15) is 58.2 Å². The third-order valence-electron chi connectivity index (χ3n) is 15.2. The lowest BCUT2D eigenvalue weighted by Gasteiger charge is -2.45. The van der Waals surface area contributed by atoms with Crippen molar-refractivity contribution < 1.29 is 8.83 Å². The number of aryl methyl sites for hydroxylation is 1. The molecule has 0 amide bonds. The predicted octanol–water partition coefficient (Wildman–Crippen LogP) is 16.8. The maximum absolute atomic E-state index is 6.15. The highest BCUT2D eigenvalue weighted by molar-refractivity contribution is 7.00. The molecule has 0 N–H and O–H groups in total. The van der Waals surface area contributed by atoms with Crippen molar-refractivity contribution in [1.29, 1.82) is 0 Å². The van der Waals surface area contributed by atoms with Crippen LogP contribution in [-0.4, -0.2) is 6.71 Å². The van der Waals surface area contributed by atoms with Crippen molar-refractivity contribution in [3.63, 3.8) is 0 Å². The lowest BCUT2D eigenvalue weighted by molar-refractivity contribution is 0.590. The molecule has 0 spiro atoms. The Balaban J connectivity index is 1.11. The van der Waals surface area contributed by atoms with E-state index in [4.69, 9.17) is 8.83 Å². The molecule has 4 heterocycles. The van der Waals surface area contributed by atoms with Gasteiger partial charge in [-0.2, -0.15) is 0 Å². The van der Waals surface area contributed by atoms with E-state index in [2.05, 4.69) is 228 Å².